The van der Waals surface area contributed by atoms with Gasteiger partial charge in [-0.1, -0.05) is 0 Å². The van der Waals surface area contributed by atoms with E-state index in [-0.39, 0.29) is 17.6 Å². The molecule has 4 heteroatoms. The van der Waals surface area contributed by atoms with Crippen LogP contribution in [0.5, 0.6) is 0 Å². The van der Waals surface area contributed by atoms with Crippen molar-refractivity contribution in [1.82, 2.24) is 5.32 Å². The highest BCUT2D eigenvalue weighted by molar-refractivity contribution is 5.75. The van der Waals surface area contributed by atoms with Gasteiger partial charge >= 0.3 is 5.97 Å². The first-order valence-corrected chi connectivity index (χ1v) is 4.29. The third-order valence-electron chi connectivity index (χ3n) is 1.94. The molecule has 0 aliphatic heterocycles. The van der Waals surface area contributed by atoms with Gasteiger partial charge in [-0.25, -0.2) is 0 Å². The Balaban J connectivity index is 3.82. The van der Waals surface area contributed by atoms with E-state index in [0.29, 0.717) is 6.54 Å². The van der Waals surface area contributed by atoms with Gasteiger partial charge in [-0.05, 0) is 20.8 Å². The molecule has 1 N–H and O–H groups in total. The lowest BCUT2D eigenvalue weighted by Crippen LogP contribution is -2.44. The molecule has 4 nitrogen and oxygen atoms in total. The number of nitrogens with one attached hydrogen (secondary N) is 1. The van der Waals surface area contributed by atoms with Crippen LogP contribution in [0.3, 0.4) is 0 Å². The smallest absolute Gasteiger partial charge is 0.322 e. The maximum absolute atomic E-state index is 11.0. The van der Waals surface area contributed by atoms with Crippen LogP contribution in [0.4, 0.5) is 0 Å². The van der Waals surface area contributed by atoms with Crippen LogP contribution in [-0.2, 0) is 14.3 Å². The van der Waals surface area contributed by atoms with Gasteiger partial charge < -0.3 is 14.8 Å². The van der Waals surface area contributed by atoms with Crippen molar-refractivity contribution in [3.8, 4) is 0 Å². The van der Waals surface area contributed by atoms with Crippen molar-refractivity contribution in [2.24, 2.45) is 0 Å². The van der Waals surface area contributed by atoms with E-state index in [2.05, 4.69) is 10.1 Å². The summed E-state index contributed by atoms with van der Waals surface area (Å²) in [6, 6.07) is -0.292. The van der Waals surface area contributed by atoms with Crippen LogP contribution < -0.4 is 5.32 Å². The highest BCUT2D eigenvalue weighted by Gasteiger charge is 2.19. The first kappa shape index (κ1) is 12.4. The molecule has 0 fully saturated rings. The zero-order chi connectivity index (χ0) is 10.5. The average Bonchev–Trinajstić information content (AvgIpc) is 2.13. The Bertz CT molecular complexity index is 168. The van der Waals surface area contributed by atoms with Crippen molar-refractivity contribution in [1.29, 1.82) is 0 Å². The lowest BCUT2D eigenvalue weighted by molar-refractivity contribution is -0.142. The summed E-state index contributed by atoms with van der Waals surface area (Å²) >= 11 is 0. The van der Waals surface area contributed by atoms with Crippen LogP contribution >= 0.6 is 0 Å². The number of methoxy groups -OCH3 is 2. The monoisotopic (exact) mass is 189 g/mol. The van der Waals surface area contributed by atoms with Crippen LogP contribution in [-0.4, -0.2) is 38.4 Å². The molecular weight excluding hydrogens is 170 g/mol. The summed E-state index contributed by atoms with van der Waals surface area (Å²) in [7, 11) is 3.02. The average molecular weight is 189 g/mol. The lowest BCUT2D eigenvalue weighted by atomic mass is 10.1. The van der Waals surface area contributed by atoms with Crippen molar-refractivity contribution in [3.05, 3.63) is 0 Å². The lowest BCUT2D eigenvalue weighted by Gasteiger charge is -2.24. The van der Waals surface area contributed by atoms with Crippen molar-refractivity contribution >= 4 is 5.97 Å². The molecule has 13 heavy (non-hydrogen) atoms. The Hall–Kier alpha value is -0.610. The first-order valence-electron chi connectivity index (χ1n) is 4.29. The number of ether oxygens (including phenoxy) is 2. The molecule has 1 unspecified atom stereocenters. The van der Waals surface area contributed by atoms with Crippen molar-refractivity contribution in [2.75, 3.05) is 20.8 Å². The first-order chi connectivity index (χ1) is 5.93. The molecular formula is C9H19NO3. The Kier molecular flexibility index (Phi) is 4.95. The van der Waals surface area contributed by atoms with Gasteiger partial charge in [0.25, 0.3) is 0 Å². The van der Waals surface area contributed by atoms with Crippen LogP contribution in [0, 0.1) is 0 Å². The van der Waals surface area contributed by atoms with Crippen LogP contribution in [0.15, 0.2) is 0 Å². The van der Waals surface area contributed by atoms with E-state index in [1.807, 2.05) is 13.8 Å². The molecule has 0 saturated heterocycles. The molecule has 0 spiro atoms. The van der Waals surface area contributed by atoms with E-state index >= 15 is 0 Å². The number of hydrogen-bond acceptors (Lipinski definition) is 4. The molecule has 0 heterocycles. The fourth-order valence-electron chi connectivity index (χ4n) is 0.731. The number of carbonyl (C=O) groups excluding carboxylic acids is 1. The van der Waals surface area contributed by atoms with E-state index < -0.39 is 0 Å². The molecule has 0 radical (unpaired) electrons. The van der Waals surface area contributed by atoms with Gasteiger partial charge in [0, 0.05) is 13.7 Å². The van der Waals surface area contributed by atoms with Gasteiger partial charge in [0.05, 0.1) is 12.7 Å². The van der Waals surface area contributed by atoms with Gasteiger partial charge in [0.15, 0.2) is 0 Å². The molecule has 0 saturated carbocycles. The Morgan fingerprint density at radius 1 is 1.46 bits per heavy atom. The normalized spacial score (nSPS) is 13.9. The summed E-state index contributed by atoms with van der Waals surface area (Å²) in [5, 5.41) is 3.02. The third-order valence-corrected chi connectivity index (χ3v) is 1.94. The minimum Gasteiger partial charge on any atom is -0.468 e. The van der Waals surface area contributed by atoms with Gasteiger partial charge in [-0.2, -0.15) is 0 Å². The third kappa shape index (κ3) is 4.85. The molecule has 0 rings (SSSR count). The Morgan fingerprint density at radius 2 is 2.00 bits per heavy atom. The summed E-state index contributed by atoms with van der Waals surface area (Å²) in [5.74, 6) is -0.257. The van der Waals surface area contributed by atoms with E-state index in [0.717, 1.165) is 0 Å². The summed E-state index contributed by atoms with van der Waals surface area (Å²) in [6.07, 6.45) is 0. The zero-order valence-electron chi connectivity index (χ0n) is 9.01. The zero-order valence-corrected chi connectivity index (χ0v) is 9.01. The summed E-state index contributed by atoms with van der Waals surface area (Å²) in [4.78, 5) is 11.0. The van der Waals surface area contributed by atoms with E-state index in [4.69, 9.17) is 4.74 Å². The Labute approximate surface area is 79.6 Å². The van der Waals surface area contributed by atoms with E-state index in [1.54, 1.807) is 14.0 Å². The molecule has 78 valence electrons. The maximum Gasteiger partial charge on any atom is 0.322 e. The fraction of sp³-hybridized carbons (Fsp3) is 0.889. The minimum atomic E-state index is -0.292. The van der Waals surface area contributed by atoms with Crippen molar-refractivity contribution in [2.45, 2.75) is 32.4 Å². The standard InChI is InChI=1S/C9H19NO3/c1-7(8(11)12-4)10-6-9(2,3)13-5/h7,10H,6H2,1-5H3. The molecule has 0 aromatic carbocycles. The van der Waals surface area contributed by atoms with Crippen molar-refractivity contribution < 1.29 is 14.3 Å². The number of rotatable bonds is 5. The molecule has 0 bridgehead atoms. The van der Waals surface area contributed by atoms with Crippen LogP contribution in [0.2, 0.25) is 0 Å². The predicted octanol–water partition coefficient (Wildman–Crippen LogP) is 0.562. The highest BCUT2D eigenvalue weighted by Crippen LogP contribution is 2.05. The van der Waals surface area contributed by atoms with Crippen LogP contribution in [0.25, 0.3) is 0 Å². The number of esters is 1. The summed E-state index contributed by atoms with van der Waals surface area (Å²) in [5.41, 5.74) is -0.262. The molecule has 0 aromatic heterocycles. The maximum atomic E-state index is 11.0. The van der Waals surface area contributed by atoms with Gasteiger partial charge in [0.1, 0.15) is 6.04 Å². The van der Waals surface area contributed by atoms with Crippen LogP contribution in [0.1, 0.15) is 20.8 Å². The topological polar surface area (TPSA) is 47.6 Å². The van der Waals surface area contributed by atoms with E-state index in [9.17, 15) is 4.79 Å². The highest BCUT2D eigenvalue weighted by atomic mass is 16.5. The summed E-state index contributed by atoms with van der Waals surface area (Å²) in [6.45, 7) is 6.27. The quantitative estimate of drug-likeness (QED) is 0.642. The molecule has 1 atom stereocenters. The molecule has 0 aromatic rings. The second-order valence-electron chi connectivity index (χ2n) is 3.59. The molecule has 0 aliphatic rings. The minimum absolute atomic E-state index is 0.257. The Morgan fingerprint density at radius 3 is 2.38 bits per heavy atom. The van der Waals surface area contributed by atoms with Crippen molar-refractivity contribution in [3.63, 3.8) is 0 Å². The van der Waals surface area contributed by atoms with Gasteiger partial charge in [-0.15, -0.1) is 0 Å². The largest absolute Gasteiger partial charge is 0.468 e. The van der Waals surface area contributed by atoms with E-state index in [1.165, 1.54) is 7.11 Å². The van der Waals surface area contributed by atoms with Gasteiger partial charge in [0.2, 0.25) is 0 Å². The molecule has 0 aliphatic carbocycles. The SMILES string of the molecule is COC(=O)C(C)NCC(C)(C)OC. The van der Waals surface area contributed by atoms with Gasteiger partial charge in [-0.3, -0.25) is 4.79 Å². The predicted molar refractivity (Wildman–Crippen MR) is 50.6 cm³/mol. The second kappa shape index (κ2) is 5.19. The summed E-state index contributed by atoms with van der Waals surface area (Å²) < 4.78 is 9.76. The fourth-order valence-corrected chi connectivity index (χ4v) is 0.731. The second-order valence-corrected chi connectivity index (χ2v) is 3.59. The number of hydrogen-bond donors (Lipinski definition) is 1. The number of carbonyl (C=O) groups is 1. The molecule has 0 amide bonds.